The first kappa shape index (κ1) is 37.4. The minimum atomic E-state index is -0.743. The molecule has 3 heterocycles. The molecule has 370 valence electrons. The van der Waals surface area contributed by atoms with Crippen LogP contribution < -0.4 is 4.74 Å². The molecule has 75 heavy (non-hydrogen) atoms. The summed E-state index contributed by atoms with van der Waals surface area (Å²) >= 11 is 2.43. The summed E-state index contributed by atoms with van der Waals surface area (Å²) in [5.74, 6) is 1.78. The predicted octanol–water partition coefficient (Wildman–Crippen LogP) is 16.0. The average molecular weight is 1160 g/mol. The van der Waals surface area contributed by atoms with Crippen LogP contribution in [0.5, 0.6) is 11.5 Å². The van der Waals surface area contributed by atoms with E-state index in [1.165, 1.54) is 5.56 Å². The fourth-order valence-corrected chi connectivity index (χ4v) is 14.9. The first-order valence-corrected chi connectivity index (χ1v) is 27.3. The molecule has 0 bridgehead atoms. The zero-order chi connectivity index (χ0) is 57.3. The Bertz CT molecular complexity index is 4630. The summed E-state index contributed by atoms with van der Waals surface area (Å²) in [6.45, 7) is 8.82. The fraction of sp³-hybridized carbons (Fsp3) is 0.217. The summed E-state index contributed by atoms with van der Waals surface area (Å²) in [5, 5.41) is 2.10. The first-order valence-electron chi connectivity index (χ1n) is 30.2. The second-order valence-corrected chi connectivity index (χ2v) is 23.2. The van der Waals surface area contributed by atoms with Gasteiger partial charge in [0.2, 0.25) is 0 Å². The standard InChI is InChI=1S/C69H56N4O.Pt/c1-44-38-63(70-42-56(44)45-24-26-50(27-25-45)67(2,3)4)73-59-21-10-7-18-54(59)55-29-28-53(41-62(55)73)74-52-17-13-16-51(40-52)71-43-72(61-23-12-11-22-60(61)71)66-64-48(32-36-68(64)34-30-46-14-5-8-19-57(46)68)39-49-33-37-69(65(49)66)35-31-47-15-6-9-20-58(47)69;/h5-29,38-39,42H,30-37H2,1-4H3;/q-2;/i5D,6D,8D,9D,14D,15D,19D,20D;. The number of aromatic nitrogens is 4. The Hall–Kier alpha value is -7.33. The number of imidazole rings is 1. The Balaban J connectivity index is 0.887. The average Bonchev–Trinajstić information content (AvgIpc) is 2.49. The van der Waals surface area contributed by atoms with E-state index in [9.17, 15) is 5.48 Å². The van der Waals surface area contributed by atoms with Gasteiger partial charge in [-0.3, -0.25) is 0 Å². The van der Waals surface area contributed by atoms with Gasteiger partial charge in [0.05, 0.1) is 0 Å². The molecule has 0 N–H and O–H groups in total. The molecular formula is C69H56N4OPt-2. The van der Waals surface area contributed by atoms with Crippen molar-refractivity contribution in [2.75, 3.05) is 0 Å². The van der Waals surface area contributed by atoms with Crippen LogP contribution in [-0.4, -0.2) is 18.7 Å². The van der Waals surface area contributed by atoms with Crippen molar-refractivity contribution in [3.05, 3.63) is 241 Å². The summed E-state index contributed by atoms with van der Waals surface area (Å²) < 4.78 is 87.3. The summed E-state index contributed by atoms with van der Waals surface area (Å²) in [6.07, 6.45) is 7.04. The topological polar surface area (TPSA) is 36.9 Å². The number of hydrogen-bond donors (Lipinski definition) is 0. The molecule has 2 atom stereocenters. The summed E-state index contributed by atoms with van der Waals surface area (Å²) in [6, 6.07) is 46.4. The van der Waals surface area contributed by atoms with Crippen LogP contribution in [-0.2, 0) is 61.3 Å². The Morgan fingerprint density at radius 2 is 1.20 bits per heavy atom. The quantitative estimate of drug-likeness (QED) is 0.156. The number of ether oxygens (including phenoxy) is 1. The number of nitrogens with zero attached hydrogens (tertiary/aromatic N) is 4. The van der Waals surface area contributed by atoms with Gasteiger partial charge in [0.1, 0.15) is 0 Å². The molecule has 0 saturated heterocycles. The third-order valence-corrected chi connectivity index (χ3v) is 18.3. The molecule has 0 amide bonds. The van der Waals surface area contributed by atoms with Crippen molar-refractivity contribution in [1.82, 2.24) is 18.7 Å². The van der Waals surface area contributed by atoms with Gasteiger partial charge in [-0.2, -0.15) is 0 Å². The maximum absolute atomic E-state index is 9.58. The van der Waals surface area contributed by atoms with E-state index in [2.05, 4.69) is 146 Å². The molecule has 3 aromatic heterocycles. The van der Waals surface area contributed by atoms with E-state index in [1.807, 2.05) is 48.7 Å². The van der Waals surface area contributed by atoms with Gasteiger partial charge in [-0.05, 0) is 29.0 Å². The summed E-state index contributed by atoms with van der Waals surface area (Å²) in [7, 11) is 0. The zero-order valence-electron chi connectivity index (χ0n) is 50.2. The Morgan fingerprint density at radius 1 is 0.600 bits per heavy atom. The molecule has 6 heteroatoms. The molecule has 4 aliphatic rings. The van der Waals surface area contributed by atoms with Gasteiger partial charge < -0.3 is 0 Å². The fourth-order valence-electron chi connectivity index (χ4n) is 13.8. The van der Waals surface area contributed by atoms with Crippen LogP contribution in [0.15, 0.2) is 170 Å². The second-order valence-electron chi connectivity index (χ2n) is 22.2. The van der Waals surface area contributed by atoms with Crippen LogP contribution in [0.1, 0.15) is 113 Å². The molecule has 15 rings (SSSR count). The molecule has 5 nitrogen and oxygen atoms in total. The van der Waals surface area contributed by atoms with E-state index in [1.54, 1.807) is 0 Å². The van der Waals surface area contributed by atoms with Gasteiger partial charge in [0.15, 0.2) is 0 Å². The van der Waals surface area contributed by atoms with Crippen LogP contribution in [0.2, 0.25) is 0 Å². The molecule has 0 radical (unpaired) electrons. The van der Waals surface area contributed by atoms with Gasteiger partial charge in [-0.1, -0.05) is 57.2 Å². The van der Waals surface area contributed by atoms with Crippen molar-refractivity contribution < 1.29 is 35.1 Å². The minimum absolute atomic E-state index is 0.0124. The van der Waals surface area contributed by atoms with Crippen molar-refractivity contribution in [3.63, 3.8) is 0 Å². The SMILES string of the molecule is [2H]c1c([2H])c([2H])c2c(c1[2H])CCC21CCc2cc3c(c(-n4[c](=[Pt])n(-c5[c-]c(Oc6[c-]c7c(cc6)c6ccccc6n7-c6cc(C)c(-c7ccc(C(C)(C)C)cc7)cn6)ccc5)c5ccccc54)c21)C1(CC3)CCc2c([2H])c([2H])c([2H])c([2H])c21. The second kappa shape index (κ2) is 16.6. The molecule has 4 aliphatic carbocycles. The van der Waals surface area contributed by atoms with Crippen molar-refractivity contribution in [3.8, 4) is 39.8 Å². The molecule has 2 spiro atoms. The van der Waals surface area contributed by atoms with Gasteiger partial charge in [-0.25, -0.2) is 0 Å². The summed E-state index contributed by atoms with van der Waals surface area (Å²) in [4.78, 5) is 5.10. The first-order chi connectivity index (χ1) is 39.9. The van der Waals surface area contributed by atoms with Crippen LogP contribution in [0.3, 0.4) is 0 Å². The van der Waals surface area contributed by atoms with Crippen molar-refractivity contribution >= 4 is 32.8 Å². The van der Waals surface area contributed by atoms with Crippen molar-refractivity contribution in [1.29, 1.82) is 0 Å². The van der Waals surface area contributed by atoms with E-state index in [-0.39, 0.29) is 53.8 Å². The molecule has 0 aliphatic heterocycles. The number of benzene rings is 8. The normalized spacial score (nSPS) is 19.9. The molecule has 2 unspecified atom stereocenters. The van der Waals surface area contributed by atoms with Gasteiger partial charge in [-0.15, -0.1) is 0 Å². The van der Waals surface area contributed by atoms with E-state index in [4.69, 9.17) is 15.2 Å². The molecular weight excluding hydrogens is 1100 g/mol. The number of aryl methyl sites for hydroxylation is 3. The molecule has 0 fully saturated rings. The summed E-state index contributed by atoms with van der Waals surface area (Å²) in [5.41, 5.74) is 15.7. The van der Waals surface area contributed by atoms with E-state index in [0.717, 1.165) is 106 Å². The zero-order valence-corrected chi connectivity index (χ0v) is 44.5. The van der Waals surface area contributed by atoms with Gasteiger partial charge >= 0.3 is 365 Å². The molecule has 0 saturated carbocycles. The van der Waals surface area contributed by atoms with Crippen LogP contribution in [0.25, 0.3) is 61.2 Å². The van der Waals surface area contributed by atoms with Crippen LogP contribution >= 0.6 is 0 Å². The van der Waals surface area contributed by atoms with Crippen molar-refractivity contribution in [2.24, 2.45) is 0 Å². The van der Waals surface area contributed by atoms with Gasteiger partial charge in [0, 0.05) is 11.8 Å². The third-order valence-electron chi connectivity index (χ3n) is 17.2. The van der Waals surface area contributed by atoms with Crippen LogP contribution in [0.4, 0.5) is 0 Å². The van der Waals surface area contributed by atoms with Crippen LogP contribution in [0, 0.1) is 22.9 Å². The number of rotatable bonds is 6. The maximum atomic E-state index is 9.58. The number of hydrogen-bond acceptors (Lipinski definition) is 2. The van der Waals surface area contributed by atoms with E-state index >= 15 is 0 Å². The number of pyridine rings is 1. The van der Waals surface area contributed by atoms with E-state index in [0.29, 0.717) is 72.3 Å². The number of fused-ring (bicyclic) bond motifs is 12. The van der Waals surface area contributed by atoms with E-state index < -0.39 is 10.8 Å². The monoisotopic (exact) mass is 1160 g/mol. The Kier molecular flexibility index (Phi) is 8.27. The number of para-hydroxylation sites is 3. The Labute approximate surface area is 460 Å². The Morgan fingerprint density at radius 3 is 1.85 bits per heavy atom. The van der Waals surface area contributed by atoms with Crippen molar-refractivity contribution in [2.45, 2.75) is 95.3 Å². The molecule has 11 aromatic rings. The van der Waals surface area contributed by atoms with Gasteiger partial charge in [0.25, 0.3) is 0 Å². The third kappa shape index (κ3) is 6.66. The predicted molar refractivity (Wildman–Crippen MR) is 299 cm³/mol. The molecule has 8 aromatic carbocycles.